The topological polar surface area (TPSA) is 62.4 Å². The van der Waals surface area contributed by atoms with Crippen molar-refractivity contribution in [3.8, 4) is 24.2 Å². The van der Waals surface area contributed by atoms with Crippen molar-refractivity contribution in [3.05, 3.63) is 59.5 Å². The molecule has 0 spiro atoms. The summed E-state index contributed by atoms with van der Waals surface area (Å²) in [5, 5.41) is 4.69. The summed E-state index contributed by atoms with van der Waals surface area (Å²) in [5.74, 6) is 9.53. The van der Waals surface area contributed by atoms with Gasteiger partial charge in [0.15, 0.2) is 0 Å². The Labute approximate surface area is 240 Å². The van der Waals surface area contributed by atoms with Crippen LogP contribution in [0.1, 0.15) is 63.4 Å². The average molecular weight is 537 g/mol. The second kappa shape index (κ2) is 12.5. The minimum absolute atomic E-state index is 0.372. The first-order valence-electron chi connectivity index (χ1n) is 14.9. The van der Waals surface area contributed by atoms with Gasteiger partial charge in [0, 0.05) is 36.1 Å². The van der Waals surface area contributed by atoms with Gasteiger partial charge in [0.2, 0.25) is 0 Å². The summed E-state index contributed by atoms with van der Waals surface area (Å²) < 4.78 is 2.33. The van der Waals surface area contributed by atoms with E-state index in [-0.39, 0.29) is 5.41 Å². The minimum atomic E-state index is -0.372. The molecule has 6 nitrogen and oxygen atoms in total. The molecular formula is C34H44N6. The van der Waals surface area contributed by atoms with Crippen molar-refractivity contribution in [2.24, 2.45) is 5.73 Å². The molecule has 1 aromatic carbocycles. The van der Waals surface area contributed by atoms with Gasteiger partial charge in [-0.2, -0.15) is 0 Å². The monoisotopic (exact) mass is 536 g/mol. The molecule has 3 N–H and O–H groups in total. The third-order valence-electron chi connectivity index (χ3n) is 8.76. The van der Waals surface area contributed by atoms with Crippen molar-refractivity contribution < 1.29 is 0 Å². The summed E-state index contributed by atoms with van der Waals surface area (Å²) in [6.45, 7) is 13.3. The van der Waals surface area contributed by atoms with Gasteiger partial charge in [0.05, 0.1) is 35.2 Å². The number of rotatable bonds is 7. The van der Waals surface area contributed by atoms with E-state index in [0.717, 1.165) is 62.1 Å². The molecule has 0 atom stereocenters. The molecule has 4 heterocycles. The SMILES string of the molecule is C#CC(C)(C)c1ccc(NCC#Cc2cc3c(CN4CCC(N5CCC(N)CC5)CC4)cccc3n2CC)cn1. The first-order chi connectivity index (χ1) is 19.4. The van der Waals surface area contributed by atoms with Crippen LogP contribution in [0.4, 0.5) is 5.69 Å². The van der Waals surface area contributed by atoms with Gasteiger partial charge in [-0.3, -0.25) is 9.88 Å². The molecule has 2 saturated heterocycles. The molecule has 2 aliphatic rings. The summed E-state index contributed by atoms with van der Waals surface area (Å²) in [6, 6.07) is 14.1. The highest BCUT2D eigenvalue weighted by molar-refractivity contribution is 5.86. The molecule has 0 amide bonds. The summed E-state index contributed by atoms with van der Waals surface area (Å²) in [6.07, 6.45) is 12.3. The molecule has 40 heavy (non-hydrogen) atoms. The zero-order valence-electron chi connectivity index (χ0n) is 24.4. The molecule has 6 heteroatoms. The number of fused-ring (bicyclic) bond motifs is 1. The third kappa shape index (κ3) is 6.37. The first-order valence-corrected chi connectivity index (χ1v) is 14.9. The van der Waals surface area contributed by atoms with Crippen LogP contribution in [-0.2, 0) is 18.5 Å². The van der Waals surface area contributed by atoms with Crippen molar-refractivity contribution in [1.29, 1.82) is 0 Å². The van der Waals surface area contributed by atoms with E-state index in [9.17, 15) is 0 Å². The van der Waals surface area contributed by atoms with Crippen LogP contribution in [0.3, 0.4) is 0 Å². The van der Waals surface area contributed by atoms with E-state index in [1.165, 1.54) is 42.4 Å². The smallest absolute Gasteiger partial charge is 0.0931 e. The molecule has 2 fully saturated rings. The predicted octanol–water partition coefficient (Wildman–Crippen LogP) is 4.82. The maximum atomic E-state index is 6.13. The lowest BCUT2D eigenvalue weighted by atomic mass is 9.90. The number of aryl methyl sites for hydroxylation is 1. The lowest BCUT2D eigenvalue weighted by molar-refractivity contribution is 0.0853. The Hall–Kier alpha value is -3.29. The number of anilines is 1. The van der Waals surface area contributed by atoms with E-state index in [4.69, 9.17) is 12.2 Å². The fourth-order valence-corrected chi connectivity index (χ4v) is 6.12. The van der Waals surface area contributed by atoms with Crippen LogP contribution in [0.15, 0.2) is 42.6 Å². The van der Waals surface area contributed by atoms with Gasteiger partial charge in [-0.1, -0.05) is 24.0 Å². The molecule has 0 aliphatic carbocycles. The zero-order valence-corrected chi connectivity index (χ0v) is 24.4. The van der Waals surface area contributed by atoms with Crippen LogP contribution < -0.4 is 11.1 Å². The summed E-state index contributed by atoms with van der Waals surface area (Å²) in [4.78, 5) is 9.85. The average Bonchev–Trinajstić information content (AvgIpc) is 3.35. The number of nitrogens with one attached hydrogen (secondary N) is 1. The quantitative estimate of drug-likeness (QED) is 0.424. The molecule has 210 valence electrons. The highest BCUT2D eigenvalue weighted by Crippen LogP contribution is 2.27. The Balaban J connectivity index is 1.22. The number of nitrogens with two attached hydrogens (primary N) is 1. The number of likely N-dealkylation sites (tertiary alicyclic amines) is 2. The van der Waals surface area contributed by atoms with Gasteiger partial charge >= 0.3 is 0 Å². The molecule has 0 bridgehead atoms. The maximum absolute atomic E-state index is 6.13. The number of hydrogen-bond acceptors (Lipinski definition) is 5. The van der Waals surface area contributed by atoms with Crippen LogP contribution in [-0.4, -0.2) is 64.2 Å². The summed E-state index contributed by atoms with van der Waals surface area (Å²) >= 11 is 0. The van der Waals surface area contributed by atoms with Gasteiger partial charge in [-0.05, 0) is 108 Å². The number of pyridine rings is 1. The van der Waals surface area contributed by atoms with Crippen molar-refractivity contribution in [3.63, 3.8) is 0 Å². The molecule has 0 radical (unpaired) electrons. The van der Waals surface area contributed by atoms with Crippen LogP contribution in [0.25, 0.3) is 10.9 Å². The second-order valence-electron chi connectivity index (χ2n) is 11.9. The molecule has 2 aliphatic heterocycles. The highest BCUT2D eigenvalue weighted by Gasteiger charge is 2.27. The van der Waals surface area contributed by atoms with E-state index in [1.54, 1.807) is 0 Å². The van der Waals surface area contributed by atoms with Gasteiger partial charge < -0.3 is 20.5 Å². The fourth-order valence-electron chi connectivity index (χ4n) is 6.12. The fraction of sp³-hybridized carbons (Fsp3) is 0.500. The Bertz CT molecular complexity index is 1380. The van der Waals surface area contributed by atoms with E-state index < -0.39 is 0 Å². The number of benzene rings is 1. The molecule has 0 saturated carbocycles. The lowest BCUT2D eigenvalue weighted by Crippen LogP contribution is -2.49. The Kier molecular flexibility index (Phi) is 8.81. The first kappa shape index (κ1) is 28.2. The summed E-state index contributed by atoms with van der Waals surface area (Å²) in [7, 11) is 0. The zero-order chi connectivity index (χ0) is 28.1. The highest BCUT2D eigenvalue weighted by atomic mass is 15.2. The third-order valence-corrected chi connectivity index (χ3v) is 8.76. The van der Waals surface area contributed by atoms with Gasteiger partial charge in [-0.15, -0.1) is 6.42 Å². The van der Waals surface area contributed by atoms with Crippen LogP contribution in [0, 0.1) is 24.2 Å². The van der Waals surface area contributed by atoms with Crippen molar-refractivity contribution in [2.45, 2.75) is 77.0 Å². The van der Waals surface area contributed by atoms with Gasteiger partial charge in [-0.25, -0.2) is 0 Å². The molecular weight excluding hydrogens is 492 g/mol. The normalized spacial score (nSPS) is 17.9. The Morgan fingerprint density at radius 2 is 1.85 bits per heavy atom. The Morgan fingerprint density at radius 3 is 2.52 bits per heavy atom. The van der Waals surface area contributed by atoms with Crippen LogP contribution >= 0.6 is 0 Å². The molecule has 2 aromatic heterocycles. The predicted molar refractivity (Wildman–Crippen MR) is 166 cm³/mol. The number of terminal acetylenes is 1. The summed E-state index contributed by atoms with van der Waals surface area (Å²) in [5.41, 5.74) is 11.3. The second-order valence-corrected chi connectivity index (χ2v) is 11.9. The number of piperidine rings is 2. The number of nitrogens with zero attached hydrogens (tertiary/aromatic N) is 4. The van der Waals surface area contributed by atoms with E-state index in [1.807, 2.05) is 32.2 Å². The Morgan fingerprint density at radius 1 is 1.07 bits per heavy atom. The molecule has 0 unspecified atom stereocenters. The van der Waals surface area contributed by atoms with Crippen LogP contribution in [0.5, 0.6) is 0 Å². The van der Waals surface area contributed by atoms with E-state index in [0.29, 0.717) is 12.6 Å². The molecule has 5 rings (SSSR count). The van der Waals surface area contributed by atoms with Crippen molar-refractivity contribution in [1.82, 2.24) is 19.4 Å². The minimum Gasteiger partial charge on any atom is -0.373 e. The van der Waals surface area contributed by atoms with E-state index >= 15 is 0 Å². The van der Waals surface area contributed by atoms with Gasteiger partial charge in [0.25, 0.3) is 0 Å². The van der Waals surface area contributed by atoms with E-state index in [2.05, 4.69) is 73.6 Å². The maximum Gasteiger partial charge on any atom is 0.0931 e. The number of aromatic nitrogens is 2. The standard InChI is InChI=1S/C34H44N6/c1-5-34(3,4)33-13-12-28(24-37-33)36-18-8-10-30-23-31-26(9-7-11-32(31)40(30)6-2)25-38-19-16-29(17-20-38)39-21-14-27(35)15-22-39/h1,7,9,11-13,23-24,27,29,36H,6,14-22,25,35H2,2-4H3. The van der Waals surface area contributed by atoms with Crippen molar-refractivity contribution >= 4 is 16.6 Å². The van der Waals surface area contributed by atoms with Crippen molar-refractivity contribution in [2.75, 3.05) is 38.0 Å². The van der Waals surface area contributed by atoms with Crippen LogP contribution in [0.2, 0.25) is 0 Å². The largest absolute Gasteiger partial charge is 0.373 e. The lowest BCUT2D eigenvalue weighted by Gasteiger charge is -2.41. The number of hydrogen-bond donors (Lipinski definition) is 2. The van der Waals surface area contributed by atoms with Gasteiger partial charge in [0.1, 0.15) is 0 Å². The molecule has 3 aromatic rings.